The lowest BCUT2D eigenvalue weighted by Gasteiger charge is -2.31. The molecule has 2 nitrogen and oxygen atoms in total. The van der Waals surface area contributed by atoms with Gasteiger partial charge in [-0.25, -0.2) is 0 Å². The van der Waals surface area contributed by atoms with Gasteiger partial charge in [-0.05, 0) is 36.9 Å². The molecular formula is C25H35NO. The average molecular weight is 366 g/mol. The van der Waals surface area contributed by atoms with Crippen molar-refractivity contribution in [3.8, 4) is 0 Å². The molecule has 1 heterocycles. The molecule has 1 aliphatic rings. The van der Waals surface area contributed by atoms with Crippen molar-refractivity contribution in [2.75, 3.05) is 13.7 Å². The molecule has 0 saturated carbocycles. The van der Waals surface area contributed by atoms with Crippen LogP contribution in [0.25, 0.3) is 0 Å². The van der Waals surface area contributed by atoms with Crippen molar-refractivity contribution in [3.63, 3.8) is 0 Å². The minimum atomic E-state index is 0.309. The molecule has 1 fully saturated rings. The fourth-order valence-corrected chi connectivity index (χ4v) is 5.27. The van der Waals surface area contributed by atoms with E-state index >= 15 is 0 Å². The van der Waals surface area contributed by atoms with E-state index in [9.17, 15) is 0 Å². The second-order valence-electron chi connectivity index (χ2n) is 8.41. The molecule has 0 bridgehead atoms. The van der Waals surface area contributed by atoms with E-state index in [2.05, 4.69) is 86.5 Å². The molecule has 2 aromatic rings. The zero-order valence-corrected chi connectivity index (χ0v) is 17.1. The number of benzene rings is 2. The standard InChI is InChI=1S/C25H35NO/c1-19(2)25-24(21-15-9-5-10-16-21)23(20-13-7-4-8-14-20)22(26(25)3)17-11-6-12-18-27/h4-5,7-10,13-16,19,22-25,27H,6,11-12,17-18H2,1-3H3/t22-,23+,24-,25+/m0/s1. The highest BCUT2D eigenvalue weighted by Crippen LogP contribution is 2.50. The van der Waals surface area contributed by atoms with Crippen LogP contribution in [0.15, 0.2) is 60.7 Å². The molecule has 2 aromatic carbocycles. The van der Waals surface area contributed by atoms with Crippen LogP contribution in [0, 0.1) is 5.92 Å². The van der Waals surface area contributed by atoms with E-state index in [-0.39, 0.29) is 0 Å². The van der Waals surface area contributed by atoms with Gasteiger partial charge in [-0.1, -0.05) is 87.4 Å². The van der Waals surface area contributed by atoms with Crippen LogP contribution in [0.2, 0.25) is 0 Å². The molecule has 0 spiro atoms. The van der Waals surface area contributed by atoms with Gasteiger partial charge in [-0.2, -0.15) is 0 Å². The topological polar surface area (TPSA) is 23.5 Å². The maximum atomic E-state index is 9.14. The van der Waals surface area contributed by atoms with Gasteiger partial charge in [0, 0.05) is 30.5 Å². The number of rotatable bonds is 8. The quantitative estimate of drug-likeness (QED) is 0.629. The number of nitrogens with zero attached hydrogens (tertiary/aromatic N) is 1. The van der Waals surface area contributed by atoms with E-state index in [0.717, 1.165) is 12.8 Å². The van der Waals surface area contributed by atoms with Crippen LogP contribution in [0.5, 0.6) is 0 Å². The smallest absolute Gasteiger partial charge is 0.0431 e. The van der Waals surface area contributed by atoms with Gasteiger partial charge < -0.3 is 5.11 Å². The normalized spacial score (nSPS) is 26.0. The summed E-state index contributed by atoms with van der Waals surface area (Å²) < 4.78 is 0. The monoisotopic (exact) mass is 365 g/mol. The number of hydrogen-bond acceptors (Lipinski definition) is 2. The van der Waals surface area contributed by atoms with Gasteiger partial charge in [-0.3, -0.25) is 4.90 Å². The maximum absolute atomic E-state index is 9.14. The summed E-state index contributed by atoms with van der Waals surface area (Å²) in [6.07, 6.45) is 4.42. The van der Waals surface area contributed by atoms with Crippen LogP contribution < -0.4 is 0 Å². The van der Waals surface area contributed by atoms with Crippen LogP contribution in [0.3, 0.4) is 0 Å². The van der Waals surface area contributed by atoms with Gasteiger partial charge in [0.05, 0.1) is 0 Å². The van der Waals surface area contributed by atoms with Crippen LogP contribution in [0.1, 0.15) is 62.5 Å². The van der Waals surface area contributed by atoms with Gasteiger partial charge in [0.1, 0.15) is 0 Å². The Morgan fingerprint density at radius 2 is 1.37 bits per heavy atom. The summed E-state index contributed by atoms with van der Waals surface area (Å²) in [7, 11) is 2.33. The summed E-state index contributed by atoms with van der Waals surface area (Å²) >= 11 is 0. The average Bonchev–Trinajstić information content (AvgIpc) is 2.99. The number of likely N-dealkylation sites (tertiary alicyclic amines) is 1. The van der Waals surface area contributed by atoms with E-state index in [1.165, 1.54) is 24.0 Å². The Bertz CT molecular complexity index is 669. The van der Waals surface area contributed by atoms with Crippen molar-refractivity contribution in [2.24, 2.45) is 5.92 Å². The van der Waals surface area contributed by atoms with Gasteiger partial charge >= 0.3 is 0 Å². The molecule has 146 valence electrons. The molecule has 0 radical (unpaired) electrons. The SMILES string of the molecule is CC(C)[C@@H]1[C@@H](c2ccccc2)[C@H](c2ccccc2)[C@H](CCCCCO)N1C. The van der Waals surface area contributed by atoms with Crippen molar-refractivity contribution in [3.05, 3.63) is 71.8 Å². The highest BCUT2D eigenvalue weighted by atomic mass is 16.2. The molecule has 1 saturated heterocycles. The lowest BCUT2D eigenvalue weighted by atomic mass is 9.74. The molecule has 3 rings (SSSR count). The first-order valence-corrected chi connectivity index (χ1v) is 10.6. The molecular weight excluding hydrogens is 330 g/mol. The molecule has 0 aliphatic carbocycles. The van der Waals surface area contributed by atoms with E-state index in [1.807, 2.05) is 0 Å². The second kappa shape index (κ2) is 9.52. The molecule has 0 amide bonds. The zero-order chi connectivity index (χ0) is 19.2. The predicted molar refractivity (Wildman–Crippen MR) is 114 cm³/mol. The third-order valence-electron chi connectivity index (χ3n) is 6.37. The molecule has 4 atom stereocenters. The largest absolute Gasteiger partial charge is 0.396 e. The van der Waals surface area contributed by atoms with E-state index in [0.29, 0.717) is 36.4 Å². The molecule has 27 heavy (non-hydrogen) atoms. The van der Waals surface area contributed by atoms with Crippen LogP contribution in [-0.4, -0.2) is 35.7 Å². The Labute approximate surface area is 165 Å². The Morgan fingerprint density at radius 3 is 1.89 bits per heavy atom. The Hall–Kier alpha value is -1.64. The van der Waals surface area contributed by atoms with Crippen molar-refractivity contribution < 1.29 is 5.11 Å². The summed E-state index contributed by atoms with van der Waals surface area (Å²) in [6.45, 7) is 5.05. The van der Waals surface area contributed by atoms with Gasteiger partial charge in [0.25, 0.3) is 0 Å². The number of likely N-dealkylation sites (N-methyl/N-ethyl adjacent to an activating group) is 1. The summed E-state index contributed by atoms with van der Waals surface area (Å²) in [5.74, 6) is 1.63. The van der Waals surface area contributed by atoms with Crippen molar-refractivity contribution in [1.82, 2.24) is 4.90 Å². The van der Waals surface area contributed by atoms with Gasteiger partial charge in [-0.15, -0.1) is 0 Å². The third kappa shape index (κ3) is 4.44. The Kier molecular flexibility index (Phi) is 7.09. The molecule has 0 unspecified atom stereocenters. The van der Waals surface area contributed by atoms with Crippen molar-refractivity contribution in [1.29, 1.82) is 0 Å². The van der Waals surface area contributed by atoms with Crippen LogP contribution in [0.4, 0.5) is 0 Å². The fourth-order valence-electron chi connectivity index (χ4n) is 5.27. The van der Waals surface area contributed by atoms with Crippen LogP contribution in [-0.2, 0) is 0 Å². The lowest BCUT2D eigenvalue weighted by Crippen LogP contribution is -2.37. The minimum absolute atomic E-state index is 0.309. The zero-order valence-electron chi connectivity index (χ0n) is 17.1. The molecule has 1 N–H and O–H groups in total. The maximum Gasteiger partial charge on any atom is 0.0431 e. The Balaban J connectivity index is 1.98. The van der Waals surface area contributed by atoms with Crippen LogP contribution >= 0.6 is 0 Å². The summed E-state index contributed by atoms with van der Waals surface area (Å²) in [4.78, 5) is 2.67. The first-order valence-electron chi connectivity index (χ1n) is 10.6. The van der Waals surface area contributed by atoms with E-state index in [1.54, 1.807) is 0 Å². The first-order chi connectivity index (χ1) is 13.1. The number of unbranched alkanes of at least 4 members (excludes halogenated alkanes) is 2. The third-order valence-corrected chi connectivity index (χ3v) is 6.37. The predicted octanol–water partition coefficient (Wildman–Crippen LogP) is 5.45. The Morgan fingerprint density at radius 1 is 0.815 bits per heavy atom. The van der Waals surface area contributed by atoms with E-state index < -0.39 is 0 Å². The lowest BCUT2D eigenvalue weighted by molar-refractivity contribution is 0.180. The minimum Gasteiger partial charge on any atom is -0.396 e. The molecule has 1 aliphatic heterocycles. The van der Waals surface area contributed by atoms with Crippen molar-refractivity contribution >= 4 is 0 Å². The highest BCUT2D eigenvalue weighted by molar-refractivity contribution is 5.35. The first kappa shape index (κ1) is 20.1. The second-order valence-corrected chi connectivity index (χ2v) is 8.41. The van der Waals surface area contributed by atoms with Crippen molar-refractivity contribution in [2.45, 2.75) is 63.5 Å². The summed E-state index contributed by atoms with van der Waals surface area (Å²) in [5.41, 5.74) is 2.93. The number of hydrogen-bond donors (Lipinski definition) is 1. The number of aliphatic hydroxyl groups is 1. The highest BCUT2D eigenvalue weighted by Gasteiger charge is 2.48. The van der Waals surface area contributed by atoms with Gasteiger partial charge in [0.2, 0.25) is 0 Å². The molecule has 2 heteroatoms. The molecule has 0 aromatic heterocycles. The summed E-state index contributed by atoms with van der Waals surface area (Å²) in [6, 6.07) is 23.3. The summed E-state index contributed by atoms with van der Waals surface area (Å²) in [5, 5.41) is 9.14. The fraction of sp³-hybridized carbons (Fsp3) is 0.520. The van der Waals surface area contributed by atoms with Gasteiger partial charge in [0.15, 0.2) is 0 Å². The number of aliphatic hydroxyl groups excluding tert-OH is 1. The van der Waals surface area contributed by atoms with E-state index in [4.69, 9.17) is 5.11 Å².